The molecule has 1 aromatic rings. The number of hydrogen-bond acceptors (Lipinski definition) is 4. The number of nitrogens with zero attached hydrogens (tertiary/aromatic N) is 3. The molecule has 1 rings (SSSR count). The molecule has 0 amide bonds. The number of aryl methyl sites for hydroxylation is 1. The van der Waals surface area contributed by atoms with Crippen molar-refractivity contribution >= 4 is 11.4 Å². The first kappa shape index (κ1) is 27.7. The summed E-state index contributed by atoms with van der Waals surface area (Å²) in [5.41, 5.74) is 5.90. The van der Waals surface area contributed by atoms with Crippen LogP contribution in [-0.4, -0.2) is 11.4 Å². The van der Waals surface area contributed by atoms with Crippen molar-refractivity contribution in [2.75, 3.05) is 0 Å². The van der Waals surface area contributed by atoms with Gasteiger partial charge in [-0.05, 0) is 57.9 Å². The lowest BCUT2D eigenvalue weighted by atomic mass is 10.1. The first-order valence-corrected chi connectivity index (χ1v) is 10.3. The molecule has 0 heterocycles. The van der Waals surface area contributed by atoms with E-state index in [9.17, 15) is 4.39 Å². The summed E-state index contributed by atoms with van der Waals surface area (Å²) in [4.78, 5) is 8.90. The zero-order valence-corrected chi connectivity index (χ0v) is 19.9. The monoisotopic (exact) mass is 422 g/mol. The normalized spacial score (nSPS) is 11.6. The molecule has 5 heteroatoms. The Labute approximate surface area is 187 Å². The van der Waals surface area contributed by atoms with E-state index in [4.69, 9.17) is 5.26 Å². The van der Waals surface area contributed by atoms with Crippen molar-refractivity contribution < 1.29 is 4.39 Å². The van der Waals surface area contributed by atoms with E-state index in [1.54, 1.807) is 25.3 Å². The predicted molar refractivity (Wildman–Crippen MR) is 132 cm³/mol. The van der Waals surface area contributed by atoms with E-state index in [-0.39, 0.29) is 5.82 Å². The van der Waals surface area contributed by atoms with Crippen molar-refractivity contribution in [1.29, 1.82) is 5.26 Å². The van der Waals surface area contributed by atoms with Crippen LogP contribution in [0.2, 0.25) is 0 Å². The average Bonchev–Trinajstić information content (AvgIpc) is 2.73. The van der Waals surface area contributed by atoms with Crippen molar-refractivity contribution in [1.82, 2.24) is 5.32 Å². The van der Waals surface area contributed by atoms with Crippen LogP contribution >= 0.6 is 0 Å². The smallest absolute Gasteiger partial charge is 0.126 e. The number of benzene rings is 1. The van der Waals surface area contributed by atoms with Gasteiger partial charge in [-0.15, -0.1) is 0 Å². The van der Waals surface area contributed by atoms with Crippen LogP contribution in [0.4, 0.5) is 4.39 Å². The zero-order chi connectivity index (χ0) is 24.0. The van der Waals surface area contributed by atoms with Crippen LogP contribution in [-0.2, 0) is 6.54 Å². The van der Waals surface area contributed by atoms with Gasteiger partial charge in [-0.1, -0.05) is 44.7 Å². The number of nitrogens with one attached hydrogen (secondary N) is 1. The fourth-order valence-electron chi connectivity index (χ4n) is 2.40. The molecule has 0 aromatic heterocycles. The molecule has 0 aliphatic carbocycles. The van der Waals surface area contributed by atoms with E-state index in [0.29, 0.717) is 35.5 Å². The van der Waals surface area contributed by atoms with Crippen molar-refractivity contribution in [3.63, 3.8) is 0 Å². The highest BCUT2D eigenvalue weighted by atomic mass is 19.1. The molecule has 1 aromatic carbocycles. The molecule has 4 nitrogen and oxygen atoms in total. The Kier molecular flexibility index (Phi) is 13.1. The molecule has 0 spiro atoms. The highest BCUT2D eigenvalue weighted by Gasteiger charge is 2.06. The minimum atomic E-state index is -0.223. The van der Waals surface area contributed by atoms with Gasteiger partial charge in [-0.2, -0.15) is 5.26 Å². The van der Waals surface area contributed by atoms with E-state index in [1.807, 2.05) is 47.6 Å². The Morgan fingerprint density at radius 1 is 1.19 bits per heavy atom. The van der Waals surface area contributed by atoms with Gasteiger partial charge in [0.05, 0.1) is 23.2 Å². The minimum absolute atomic E-state index is 0.223. The first-order valence-electron chi connectivity index (χ1n) is 10.3. The number of hydrogen-bond donors (Lipinski definition) is 1. The summed E-state index contributed by atoms with van der Waals surface area (Å²) in [5.74, 6) is -0.223. The molecule has 0 saturated heterocycles. The number of rotatable bonds is 9. The highest BCUT2D eigenvalue weighted by Crippen LogP contribution is 2.13. The summed E-state index contributed by atoms with van der Waals surface area (Å²) in [6.07, 6.45) is 4.05. The van der Waals surface area contributed by atoms with Gasteiger partial charge in [0.15, 0.2) is 0 Å². The quantitative estimate of drug-likeness (QED) is 0.345. The number of allylic oxidation sites excluding steroid dienone is 4. The Morgan fingerprint density at radius 2 is 1.84 bits per heavy atom. The minimum Gasteiger partial charge on any atom is -0.380 e. The Morgan fingerprint density at radius 3 is 2.39 bits per heavy atom. The molecule has 31 heavy (non-hydrogen) atoms. The maximum Gasteiger partial charge on any atom is 0.126 e. The number of halogens is 1. The molecule has 0 atom stereocenters. The predicted octanol–water partition coefficient (Wildman–Crippen LogP) is 6.96. The summed E-state index contributed by atoms with van der Waals surface area (Å²) in [5, 5.41) is 12.2. The standard InChI is InChI=1S/C24H29FN4.C2H6/c1-16(2)27-14-20(6)29-24(11-17(3)10-18(4)13-26)21(7)28-15-22-8-9-23(25)19(5)12-22;1-2/h8-9,11-12,14,28H,4,7,10,15H2,1-3,5-6H3;1-2H3/b17-11+,20-14+,29-24+;. The van der Waals surface area contributed by atoms with E-state index >= 15 is 0 Å². The lowest BCUT2D eigenvalue weighted by molar-refractivity contribution is 0.617. The van der Waals surface area contributed by atoms with Crippen LogP contribution in [0.5, 0.6) is 0 Å². The van der Waals surface area contributed by atoms with Gasteiger partial charge in [-0.3, -0.25) is 9.98 Å². The summed E-state index contributed by atoms with van der Waals surface area (Å²) in [6, 6.07) is 7.05. The summed E-state index contributed by atoms with van der Waals surface area (Å²) >= 11 is 0. The van der Waals surface area contributed by atoms with Gasteiger partial charge < -0.3 is 5.32 Å². The fourth-order valence-corrected chi connectivity index (χ4v) is 2.40. The fraction of sp³-hybridized carbons (Fsp3) is 0.346. The molecule has 0 saturated carbocycles. The van der Waals surface area contributed by atoms with Crippen molar-refractivity contribution in [2.45, 2.75) is 61.4 Å². The summed E-state index contributed by atoms with van der Waals surface area (Å²) < 4.78 is 13.5. The van der Waals surface area contributed by atoms with Gasteiger partial charge in [0.25, 0.3) is 0 Å². The molecule has 0 radical (unpaired) electrons. The van der Waals surface area contributed by atoms with Crippen molar-refractivity contribution in [3.8, 4) is 6.07 Å². The number of nitriles is 1. The van der Waals surface area contributed by atoms with Crippen LogP contribution in [0, 0.1) is 24.1 Å². The third-order valence-corrected chi connectivity index (χ3v) is 3.88. The van der Waals surface area contributed by atoms with Crippen molar-refractivity contribution in [3.05, 3.63) is 83.1 Å². The van der Waals surface area contributed by atoms with E-state index in [2.05, 4.69) is 34.5 Å². The molecular weight excluding hydrogens is 387 g/mol. The van der Waals surface area contributed by atoms with Gasteiger partial charge in [0.2, 0.25) is 0 Å². The zero-order valence-electron chi connectivity index (χ0n) is 19.9. The largest absolute Gasteiger partial charge is 0.380 e. The van der Waals surface area contributed by atoms with Crippen molar-refractivity contribution in [2.24, 2.45) is 9.98 Å². The third kappa shape index (κ3) is 11.5. The van der Waals surface area contributed by atoms with E-state index in [1.165, 1.54) is 6.07 Å². The molecule has 0 aliphatic rings. The Bertz CT molecular complexity index is 937. The van der Waals surface area contributed by atoms with Crippen LogP contribution < -0.4 is 5.32 Å². The van der Waals surface area contributed by atoms with Crippen LogP contribution in [0.3, 0.4) is 0 Å². The van der Waals surface area contributed by atoms with Gasteiger partial charge in [-0.25, -0.2) is 4.39 Å². The van der Waals surface area contributed by atoms with E-state index < -0.39 is 0 Å². The topological polar surface area (TPSA) is 60.5 Å². The second kappa shape index (κ2) is 14.7. The van der Waals surface area contributed by atoms with Gasteiger partial charge in [0.1, 0.15) is 5.82 Å². The second-order valence-electron chi connectivity index (χ2n) is 7.14. The lowest BCUT2D eigenvalue weighted by Crippen LogP contribution is -2.18. The van der Waals surface area contributed by atoms with Crippen LogP contribution in [0.1, 0.15) is 59.1 Å². The number of aliphatic imine (C=N–C) groups is 2. The maximum atomic E-state index is 13.5. The summed E-state index contributed by atoms with van der Waals surface area (Å²) in [6.45, 7) is 21.7. The lowest BCUT2D eigenvalue weighted by Gasteiger charge is -2.12. The molecule has 0 unspecified atom stereocenters. The van der Waals surface area contributed by atoms with Crippen LogP contribution in [0.15, 0.2) is 76.2 Å². The van der Waals surface area contributed by atoms with E-state index in [0.717, 1.165) is 22.5 Å². The SMILES string of the molecule is C=C(C#N)C/C(C)=C/C(=N\C(C)=C\N=C(C)C)C(=C)NCc1ccc(F)c(C)c1.CC. The Balaban J connectivity index is 0.00000436. The van der Waals surface area contributed by atoms with Gasteiger partial charge >= 0.3 is 0 Å². The second-order valence-corrected chi connectivity index (χ2v) is 7.14. The molecule has 1 N–H and O–H groups in total. The first-order chi connectivity index (χ1) is 14.6. The highest BCUT2D eigenvalue weighted by molar-refractivity contribution is 6.08. The average molecular weight is 423 g/mol. The molecular formula is C26H35FN4. The summed E-state index contributed by atoms with van der Waals surface area (Å²) in [7, 11) is 0. The third-order valence-electron chi connectivity index (χ3n) is 3.88. The molecule has 0 bridgehead atoms. The Hall–Kier alpha value is -3.26. The van der Waals surface area contributed by atoms with Gasteiger partial charge in [0, 0.05) is 30.5 Å². The molecule has 166 valence electrons. The molecule has 0 fully saturated rings. The molecule has 0 aliphatic heterocycles. The van der Waals surface area contributed by atoms with Crippen LogP contribution in [0.25, 0.3) is 0 Å². The maximum absolute atomic E-state index is 13.5.